The number of carbonyl (C=O) groups excluding carboxylic acids is 1. The molecule has 0 amide bonds. The van der Waals surface area contributed by atoms with Gasteiger partial charge in [0, 0.05) is 23.1 Å². The molecule has 0 aliphatic rings. The van der Waals surface area contributed by atoms with E-state index in [0.717, 1.165) is 28.1 Å². The van der Waals surface area contributed by atoms with Gasteiger partial charge in [0.2, 0.25) is 12.2 Å². The minimum atomic E-state index is -6.00. The van der Waals surface area contributed by atoms with Gasteiger partial charge in [0.25, 0.3) is 0 Å². The highest BCUT2D eigenvalue weighted by atomic mass is 19.5. The maximum Gasteiger partial charge on any atom is 0.673 e. The predicted molar refractivity (Wildman–Crippen MR) is 123 cm³/mol. The van der Waals surface area contributed by atoms with Crippen LogP contribution in [0.25, 0.3) is 22.4 Å². The van der Waals surface area contributed by atoms with E-state index in [4.69, 9.17) is 4.74 Å². The highest BCUT2D eigenvalue weighted by Gasteiger charge is 2.31. The Morgan fingerprint density at radius 3 is 1.79 bits per heavy atom. The number of rotatable bonds is 5. The first-order valence-electron chi connectivity index (χ1n) is 10.6. The number of hydrogen-bond donors (Lipinski definition) is 0. The highest BCUT2D eigenvalue weighted by molar-refractivity contribution is 6.50. The van der Waals surface area contributed by atoms with Crippen LogP contribution in [0.15, 0.2) is 72.8 Å². The van der Waals surface area contributed by atoms with Crippen molar-refractivity contribution in [3.63, 3.8) is 0 Å². The number of halogens is 4. The molecular weight excluding hydrogens is 433 g/mol. The van der Waals surface area contributed by atoms with Crippen LogP contribution in [0.5, 0.6) is 0 Å². The van der Waals surface area contributed by atoms with Gasteiger partial charge in [0.15, 0.2) is 5.69 Å². The van der Waals surface area contributed by atoms with E-state index in [1.54, 1.807) is 0 Å². The zero-order chi connectivity index (χ0) is 24.6. The summed E-state index contributed by atoms with van der Waals surface area (Å²) in [5.74, 6) is -0.220. The maximum atomic E-state index is 12.4. The van der Waals surface area contributed by atoms with Crippen LogP contribution in [0.3, 0.4) is 0 Å². The lowest BCUT2D eigenvalue weighted by Crippen LogP contribution is -2.48. The summed E-state index contributed by atoms with van der Waals surface area (Å²) >= 11 is 0. The molecule has 176 valence electrons. The van der Waals surface area contributed by atoms with Crippen LogP contribution in [-0.2, 0) is 21.5 Å². The SMILES string of the molecule is CCOC(=O)C[n+]1c(-c2ccccc2)cc(-c2ccccc2)cc1C(C)(C)C.F[B-](F)(F)F. The van der Waals surface area contributed by atoms with Gasteiger partial charge in [-0.2, -0.15) is 4.57 Å². The molecule has 0 bridgehead atoms. The second-order valence-electron chi connectivity index (χ2n) is 8.38. The molecule has 0 radical (unpaired) electrons. The number of nitrogens with zero attached hydrogens (tertiary/aromatic N) is 1. The van der Waals surface area contributed by atoms with Gasteiger partial charge in [0.1, 0.15) is 0 Å². The summed E-state index contributed by atoms with van der Waals surface area (Å²) < 4.78 is 46.4. The number of aromatic nitrogens is 1. The largest absolute Gasteiger partial charge is 0.673 e. The summed E-state index contributed by atoms with van der Waals surface area (Å²) in [6.07, 6.45) is 0. The van der Waals surface area contributed by atoms with Crippen molar-refractivity contribution >= 4 is 13.2 Å². The van der Waals surface area contributed by atoms with Crippen LogP contribution in [0.1, 0.15) is 33.4 Å². The molecule has 0 atom stereocenters. The molecule has 2 aromatic carbocycles. The molecule has 0 aliphatic heterocycles. The normalized spacial score (nSPS) is 11.4. The molecule has 1 heterocycles. The first-order valence-corrected chi connectivity index (χ1v) is 10.6. The Hall–Kier alpha value is -3.16. The van der Waals surface area contributed by atoms with E-state index in [-0.39, 0.29) is 17.9 Å². The minimum absolute atomic E-state index is 0.138. The maximum absolute atomic E-state index is 12.4. The fourth-order valence-electron chi connectivity index (χ4n) is 3.39. The van der Waals surface area contributed by atoms with Crippen molar-refractivity contribution in [3.05, 3.63) is 78.5 Å². The number of pyridine rings is 1. The van der Waals surface area contributed by atoms with Crippen LogP contribution in [-0.4, -0.2) is 19.8 Å². The average Bonchev–Trinajstić information content (AvgIpc) is 2.73. The van der Waals surface area contributed by atoms with E-state index in [1.807, 2.05) is 43.3 Å². The van der Waals surface area contributed by atoms with Crippen LogP contribution in [0, 0.1) is 0 Å². The van der Waals surface area contributed by atoms with Crippen molar-refractivity contribution in [2.24, 2.45) is 0 Å². The average molecular weight is 461 g/mol. The molecule has 1 aromatic heterocycles. The Morgan fingerprint density at radius 1 is 0.848 bits per heavy atom. The number of hydrogen-bond acceptors (Lipinski definition) is 2. The molecular formula is C25H28BF4NO2. The smallest absolute Gasteiger partial charge is 0.461 e. The summed E-state index contributed by atoms with van der Waals surface area (Å²) in [7, 11) is -6.00. The lowest BCUT2D eigenvalue weighted by Gasteiger charge is -2.20. The van der Waals surface area contributed by atoms with Gasteiger partial charge in [-0.15, -0.1) is 0 Å². The van der Waals surface area contributed by atoms with E-state index in [1.165, 1.54) is 0 Å². The Morgan fingerprint density at radius 2 is 1.33 bits per heavy atom. The third-order valence-corrected chi connectivity index (χ3v) is 4.70. The van der Waals surface area contributed by atoms with Gasteiger partial charge in [0.05, 0.1) is 6.61 Å². The fourth-order valence-corrected chi connectivity index (χ4v) is 3.39. The van der Waals surface area contributed by atoms with Crippen molar-refractivity contribution in [1.82, 2.24) is 0 Å². The third-order valence-electron chi connectivity index (χ3n) is 4.70. The van der Waals surface area contributed by atoms with Gasteiger partial charge in [-0.1, -0.05) is 69.3 Å². The van der Waals surface area contributed by atoms with E-state index >= 15 is 0 Å². The number of esters is 1. The Balaban J connectivity index is 0.000000696. The summed E-state index contributed by atoms with van der Waals surface area (Å²) in [5.41, 5.74) is 5.36. The van der Waals surface area contributed by atoms with E-state index in [9.17, 15) is 22.1 Å². The van der Waals surface area contributed by atoms with Crippen molar-refractivity contribution in [2.75, 3.05) is 6.61 Å². The highest BCUT2D eigenvalue weighted by Crippen LogP contribution is 2.29. The zero-order valence-corrected chi connectivity index (χ0v) is 19.2. The number of benzene rings is 2. The van der Waals surface area contributed by atoms with Crippen molar-refractivity contribution in [1.29, 1.82) is 0 Å². The summed E-state index contributed by atoms with van der Waals surface area (Å²) in [6.45, 7) is 8.94. The van der Waals surface area contributed by atoms with Crippen molar-refractivity contribution < 1.29 is 31.4 Å². The Labute approximate surface area is 192 Å². The van der Waals surface area contributed by atoms with Gasteiger partial charge in [-0.25, -0.2) is 4.79 Å². The summed E-state index contributed by atoms with van der Waals surface area (Å²) in [6, 6.07) is 24.9. The topological polar surface area (TPSA) is 30.2 Å². The second-order valence-corrected chi connectivity index (χ2v) is 8.38. The lowest BCUT2D eigenvalue weighted by atomic mass is 9.88. The fraction of sp³-hybridized carbons (Fsp3) is 0.280. The van der Waals surface area contributed by atoms with Gasteiger partial charge in [-0.05, 0) is 30.2 Å². The molecule has 0 aliphatic carbocycles. The van der Waals surface area contributed by atoms with E-state index in [0.29, 0.717) is 6.61 Å². The van der Waals surface area contributed by atoms with Gasteiger partial charge < -0.3 is 22.0 Å². The van der Waals surface area contributed by atoms with Gasteiger partial charge >= 0.3 is 13.2 Å². The minimum Gasteiger partial charge on any atom is -0.461 e. The summed E-state index contributed by atoms with van der Waals surface area (Å²) in [4.78, 5) is 12.4. The van der Waals surface area contributed by atoms with Crippen LogP contribution < -0.4 is 4.57 Å². The van der Waals surface area contributed by atoms with Crippen LogP contribution in [0.4, 0.5) is 17.3 Å². The lowest BCUT2D eigenvalue weighted by molar-refractivity contribution is -0.685. The molecule has 0 saturated carbocycles. The van der Waals surface area contributed by atoms with Gasteiger partial charge in [-0.3, -0.25) is 0 Å². The Kier molecular flexibility index (Phi) is 8.80. The molecule has 3 aromatic rings. The number of ether oxygens (including phenoxy) is 1. The standard InChI is InChI=1S/C25H28NO2.BF4/c1-5-28-24(27)18-26-22(20-14-10-7-11-15-20)16-21(17-23(26)25(2,3)4)19-12-8-6-9-13-19;2-1(3,4)5/h6-17H,5,18H2,1-4H3;/q+1;-1. The van der Waals surface area contributed by atoms with E-state index in [2.05, 4.69) is 61.7 Å². The first kappa shape index (κ1) is 26.1. The summed E-state index contributed by atoms with van der Waals surface area (Å²) in [5, 5.41) is 0. The van der Waals surface area contributed by atoms with Crippen LogP contribution in [0.2, 0.25) is 0 Å². The molecule has 0 saturated heterocycles. The molecule has 0 N–H and O–H groups in total. The molecule has 0 fully saturated rings. The van der Waals surface area contributed by atoms with Crippen LogP contribution >= 0.6 is 0 Å². The molecule has 8 heteroatoms. The monoisotopic (exact) mass is 461 g/mol. The molecule has 3 rings (SSSR count). The first-order chi connectivity index (χ1) is 15.4. The predicted octanol–water partition coefficient (Wildman–Crippen LogP) is 6.47. The van der Waals surface area contributed by atoms with Crippen molar-refractivity contribution in [3.8, 4) is 22.4 Å². The quantitative estimate of drug-likeness (QED) is 0.189. The molecule has 0 spiro atoms. The number of carbonyl (C=O) groups is 1. The zero-order valence-electron chi connectivity index (χ0n) is 19.2. The van der Waals surface area contributed by atoms with Crippen molar-refractivity contribution in [2.45, 2.75) is 39.7 Å². The molecule has 3 nitrogen and oxygen atoms in total. The Bertz CT molecular complexity index is 1040. The second kappa shape index (κ2) is 11.1. The third kappa shape index (κ3) is 8.37. The molecule has 33 heavy (non-hydrogen) atoms. The van der Waals surface area contributed by atoms with E-state index < -0.39 is 7.25 Å². The molecule has 0 unspecified atom stereocenters.